The van der Waals surface area contributed by atoms with Gasteiger partial charge in [0.1, 0.15) is 0 Å². The van der Waals surface area contributed by atoms with Crippen LogP contribution in [0.1, 0.15) is 0 Å². The molecular weight excluding hydrogens is 1070 g/mol. The molecule has 0 rings (SSSR count). The fourth-order valence-corrected chi connectivity index (χ4v) is 1.87. The maximum atomic E-state index is 9.35. The Kier molecular flexibility index (Phi) is 169. The summed E-state index contributed by atoms with van der Waals surface area (Å²) in [6.07, 6.45) is 0. The Bertz CT molecular complexity index is 359. The van der Waals surface area contributed by atoms with Gasteiger partial charge in [-0.1, -0.05) is 0 Å². The first-order valence-electron chi connectivity index (χ1n) is 3.67. The van der Waals surface area contributed by atoms with E-state index in [1.165, 1.54) is 0 Å². The predicted octanol–water partition coefficient (Wildman–Crippen LogP) is -1.81. The van der Waals surface area contributed by atoms with Crippen LogP contribution in [0.2, 0.25) is 0 Å². The van der Waals surface area contributed by atoms with E-state index >= 15 is 0 Å². The Balaban J connectivity index is -0.0000000308. The minimum absolute atomic E-state index is 1.93. The van der Waals surface area contributed by atoms with E-state index in [-0.39, 0.29) is 0 Å². The Morgan fingerprint density at radius 3 is 0.440 bits per heavy atom. The van der Waals surface area contributed by atoms with E-state index in [2.05, 4.69) is -5.22 Å². The monoisotopic (exact) mass is 1060 g/mol. The summed E-state index contributed by atoms with van der Waals surface area (Å²) in [5.41, 5.74) is 0. The van der Waals surface area contributed by atoms with Crippen molar-refractivity contribution < 1.29 is 277 Å². The van der Waals surface area contributed by atoms with Crippen molar-refractivity contribution in [2.45, 2.75) is 0 Å². The summed E-state index contributed by atoms with van der Waals surface area (Å²) >= 11 is -17.7. The molecule has 25 heavy (non-hydrogen) atoms. The molecule has 0 saturated carbocycles. The van der Waals surface area contributed by atoms with Crippen molar-refractivity contribution >= 4 is 0 Å². The number of hydrogen-bond donors (Lipinski definition) is 0. The second-order valence-electron chi connectivity index (χ2n) is 0.954. The second-order valence-corrected chi connectivity index (χ2v) is 15.4. The molecule has 0 saturated heterocycles. The second kappa shape index (κ2) is 87.2. The molecule has 25 heteroatoms. The van der Waals surface area contributed by atoms with Gasteiger partial charge < -0.3 is 0 Å². The molecule has 0 atom stereocenters. The van der Waals surface area contributed by atoms with E-state index in [1.54, 1.807) is 0 Å². The molecule has 0 bridgehead atoms. The summed E-state index contributed by atoms with van der Waals surface area (Å²) < 4.78 is 131. The molecule has 0 aliphatic rings. The standard InChI is InChI=1S/4Nd.16O.5Ti. The van der Waals surface area contributed by atoms with Gasteiger partial charge in [-0.2, -0.15) is 0 Å². The molecule has 0 radical (unpaired) electrons. The van der Waals surface area contributed by atoms with Gasteiger partial charge in [0.15, 0.2) is 0 Å². The number of rotatable bonds is 4. The first-order valence-corrected chi connectivity index (χ1v) is 20.5. The molecule has 0 aromatic carbocycles. The fourth-order valence-electron chi connectivity index (χ4n) is 0.0340. The van der Waals surface area contributed by atoms with Crippen molar-refractivity contribution in [1.82, 2.24) is 0 Å². The van der Waals surface area contributed by atoms with Crippen LogP contribution in [-0.4, -0.2) is 0 Å². The van der Waals surface area contributed by atoms with Crippen molar-refractivity contribution in [3.05, 3.63) is 0 Å². The third-order valence-electron chi connectivity index (χ3n) is 0.167. The molecule has 0 spiro atoms. The molecule has 16 nitrogen and oxygen atoms in total. The molecule has 132 valence electrons. The van der Waals surface area contributed by atoms with Crippen LogP contribution >= 0.6 is 0 Å². The zero-order valence-corrected chi connectivity index (χ0v) is 31.7. The Morgan fingerprint density at radius 1 is 0.360 bits per heavy atom. The molecule has 0 aromatic heterocycles. The van der Waals surface area contributed by atoms with Crippen LogP contribution in [0.15, 0.2) is 0 Å². The van der Waals surface area contributed by atoms with Crippen molar-refractivity contribution in [3.8, 4) is 0 Å². The molecule has 0 amide bonds. The summed E-state index contributed by atoms with van der Waals surface area (Å²) in [5, 5.41) is 0. The van der Waals surface area contributed by atoms with Gasteiger partial charge in [-0.25, -0.2) is 0 Å². The minimum atomic E-state index is -2.00. The van der Waals surface area contributed by atoms with Crippen LogP contribution in [0.4, 0.5) is 0 Å². The summed E-state index contributed by atoms with van der Waals surface area (Å²) in [7, 11) is 0. The van der Waals surface area contributed by atoms with Crippen LogP contribution in [0, 0.1) is 150 Å². The Morgan fingerprint density at radius 2 is 0.440 bits per heavy atom. The Hall–Kier alpha value is 6.09. The van der Waals surface area contributed by atoms with Gasteiger partial charge in [0, 0.05) is 0 Å². The quantitative estimate of drug-likeness (QED) is 0.281. The van der Waals surface area contributed by atoms with Gasteiger partial charge in [0.2, 0.25) is 0 Å². The van der Waals surface area contributed by atoms with E-state index in [9.17, 15) is 4.20 Å². The van der Waals surface area contributed by atoms with Crippen molar-refractivity contribution in [2.24, 2.45) is 0 Å². The topological polar surface area (TPSA) is 257 Å². The van der Waals surface area contributed by atoms with Crippen molar-refractivity contribution in [3.63, 3.8) is 0 Å². The van der Waals surface area contributed by atoms with E-state index in [0.29, 0.717) is 0 Å². The van der Waals surface area contributed by atoms with Gasteiger partial charge in [-0.3, -0.25) is 0 Å². The summed E-state index contributed by atoms with van der Waals surface area (Å²) in [6, 6.07) is 0. The zero-order chi connectivity index (χ0) is 21.8. The SMILES string of the molecule is [O]=[Nd][O][Nd]=[O].[O]=[Nd][O][Nd]=[O].[O]=[Ti]=[O].[O]=[Ti]=[O].[O]=[Ti]=[O].[O]=[Ti]=[O].[O]=[Ti]=[O]. The van der Waals surface area contributed by atoms with E-state index in [0.717, 1.165) is 0 Å². The van der Waals surface area contributed by atoms with Crippen LogP contribution in [0.25, 0.3) is 0 Å². The van der Waals surface area contributed by atoms with Crippen LogP contribution in [0.5, 0.6) is 0 Å². The summed E-state index contributed by atoms with van der Waals surface area (Å²) in [6.45, 7) is 0. The molecule has 0 heterocycles. The average Bonchev–Trinajstić information content (AvgIpc) is 2.53. The van der Waals surface area contributed by atoms with E-state index in [1.807, 2.05) is 0 Å². The van der Waals surface area contributed by atoms with Gasteiger partial charge in [-0.05, 0) is 0 Å². The summed E-state index contributed by atoms with van der Waals surface area (Å²) in [5.74, 6) is 0. The molecule has 0 fully saturated rings. The molecular formula is Nd4O16Ti5. The average molecular weight is 1070 g/mol. The molecule has 0 unspecified atom stereocenters. The van der Waals surface area contributed by atoms with Gasteiger partial charge in [0.25, 0.3) is 0 Å². The van der Waals surface area contributed by atoms with Crippen LogP contribution in [-0.2, 0) is 128 Å². The van der Waals surface area contributed by atoms with Gasteiger partial charge >= 0.3 is 277 Å². The van der Waals surface area contributed by atoms with Gasteiger partial charge in [0.05, 0.1) is 0 Å². The summed E-state index contributed by atoms with van der Waals surface area (Å²) in [4.78, 5) is 0. The molecule has 0 aliphatic carbocycles. The third-order valence-corrected chi connectivity index (χ3v) is 9.17. The van der Waals surface area contributed by atoms with Crippen LogP contribution in [0.3, 0.4) is 0 Å². The van der Waals surface area contributed by atoms with E-state index in [4.69, 9.17) is 33.2 Å². The molecule has 0 N–H and O–H groups in total. The number of hydrogen-bond acceptors (Lipinski definition) is 16. The van der Waals surface area contributed by atoms with Crippen molar-refractivity contribution in [2.75, 3.05) is 0 Å². The van der Waals surface area contributed by atoms with Gasteiger partial charge in [-0.15, -0.1) is 0 Å². The maximum absolute atomic E-state index is 9.35. The third kappa shape index (κ3) is 233. The first kappa shape index (κ1) is 48.5. The predicted molar refractivity (Wildman–Crippen MR) is 11.8 cm³/mol. The Labute approximate surface area is 268 Å². The zero-order valence-electron chi connectivity index (χ0n) is 11.0. The van der Waals surface area contributed by atoms with E-state index < -0.39 is 245 Å². The fraction of sp³-hybridized carbons (Fsp3) is 0. The van der Waals surface area contributed by atoms with Crippen molar-refractivity contribution in [1.29, 1.82) is 0 Å². The first-order chi connectivity index (χ1) is 11.9. The van der Waals surface area contributed by atoms with Crippen LogP contribution < -0.4 is 0 Å². The molecule has 0 aromatic rings. The normalized spacial score (nSPS) is 3.52. The molecule has 0 aliphatic heterocycles.